The van der Waals surface area contributed by atoms with Gasteiger partial charge in [0.1, 0.15) is 0 Å². The molecule has 158 valence electrons. The van der Waals surface area contributed by atoms with E-state index in [0.717, 1.165) is 19.3 Å². The van der Waals surface area contributed by atoms with Gasteiger partial charge in [-0.3, -0.25) is 4.79 Å². The van der Waals surface area contributed by atoms with E-state index in [9.17, 15) is 20.1 Å². The van der Waals surface area contributed by atoms with E-state index in [2.05, 4.69) is 31.2 Å². The summed E-state index contributed by atoms with van der Waals surface area (Å²) in [5, 5.41) is 38.7. The molecular weight excluding hydrogens is 360 g/mol. The van der Waals surface area contributed by atoms with Gasteiger partial charge in [0.25, 0.3) is 0 Å². The van der Waals surface area contributed by atoms with Crippen LogP contribution in [0.3, 0.4) is 0 Å². The molecule has 1 rings (SSSR count). The highest BCUT2D eigenvalue weighted by molar-refractivity contribution is 5.66. The van der Waals surface area contributed by atoms with Gasteiger partial charge in [-0.1, -0.05) is 55.5 Å². The van der Waals surface area contributed by atoms with Crippen molar-refractivity contribution < 1.29 is 30.0 Å². The number of aliphatic hydroxyl groups excluding tert-OH is 3. The first-order valence-corrected chi connectivity index (χ1v) is 9.98. The van der Waals surface area contributed by atoms with Gasteiger partial charge in [0, 0.05) is 12.8 Å². The van der Waals surface area contributed by atoms with Gasteiger partial charge in [-0.15, -0.1) is 0 Å². The molecule has 0 radical (unpaired) electrons. The highest BCUT2D eigenvalue weighted by atomic mass is 16.5. The zero-order chi connectivity index (χ0) is 20.8. The largest absolute Gasteiger partial charge is 0.481 e. The Balaban J connectivity index is 2.28. The second-order valence-corrected chi connectivity index (χ2v) is 6.92. The summed E-state index contributed by atoms with van der Waals surface area (Å²) in [5.74, 6) is -0.945. The van der Waals surface area contributed by atoms with E-state index in [1.165, 1.54) is 12.2 Å². The summed E-state index contributed by atoms with van der Waals surface area (Å²) in [6.45, 7) is 2.10. The molecule has 0 unspecified atom stereocenters. The van der Waals surface area contributed by atoms with Gasteiger partial charge < -0.3 is 25.2 Å². The Bertz CT molecular complexity index is 551. The van der Waals surface area contributed by atoms with Crippen LogP contribution in [0.4, 0.5) is 0 Å². The zero-order valence-electron chi connectivity index (χ0n) is 16.6. The van der Waals surface area contributed by atoms with Crippen molar-refractivity contribution in [3.05, 3.63) is 48.6 Å². The minimum atomic E-state index is -0.956. The van der Waals surface area contributed by atoms with E-state index >= 15 is 0 Å². The second kappa shape index (κ2) is 14.3. The van der Waals surface area contributed by atoms with Crippen molar-refractivity contribution in [2.45, 2.75) is 82.4 Å². The first-order valence-electron chi connectivity index (χ1n) is 9.98. The number of carboxylic acid groups (broad SMARTS) is 1. The van der Waals surface area contributed by atoms with Crippen molar-refractivity contribution in [2.24, 2.45) is 0 Å². The molecule has 6 nitrogen and oxygen atoms in total. The predicted molar refractivity (Wildman–Crippen MR) is 109 cm³/mol. The van der Waals surface area contributed by atoms with Gasteiger partial charge in [0.15, 0.2) is 0 Å². The Morgan fingerprint density at radius 2 is 1.71 bits per heavy atom. The van der Waals surface area contributed by atoms with Crippen molar-refractivity contribution in [3.8, 4) is 0 Å². The van der Waals surface area contributed by atoms with Gasteiger partial charge in [-0.05, 0) is 32.1 Å². The number of carbonyl (C=O) groups is 1. The van der Waals surface area contributed by atoms with Crippen molar-refractivity contribution in [1.82, 2.24) is 0 Å². The fraction of sp³-hybridized carbons (Fsp3) is 0.591. The van der Waals surface area contributed by atoms with Gasteiger partial charge >= 0.3 is 5.97 Å². The Morgan fingerprint density at radius 3 is 2.36 bits per heavy atom. The lowest BCUT2D eigenvalue weighted by Crippen LogP contribution is -2.25. The van der Waals surface area contributed by atoms with Crippen LogP contribution in [0.25, 0.3) is 0 Å². The predicted octanol–water partition coefficient (Wildman–Crippen LogP) is 2.90. The van der Waals surface area contributed by atoms with Crippen molar-refractivity contribution in [2.75, 3.05) is 0 Å². The standard InChI is InChI=1S/C22H34O6/c1-2-3-4-5-6-7-8-9-10-11-17(23)12-13-18(24)21-16-19(25)20(28-21)14-15-22(26)27/h3-4,6-7,9-10,12-13,17-21,23-25H,2,5,8,11,14-16H2,1H3,(H,26,27)/b4-3-,7-6-,10-9-,13-12+/t17-,18+,19+,20+,21-/m0/s1. The second-order valence-electron chi connectivity index (χ2n) is 6.92. The van der Waals surface area contributed by atoms with Gasteiger partial charge in [-0.2, -0.15) is 0 Å². The molecule has 6 heteroatoms. The highest BCUT2D eigenvalue weighted by Crippen LogP contribution is 2.26. The average Bonchev–Trinajstić information content (AvgIpc) is 3.04. The van der Waals surface area contributed by atoms with Crippen LogP contribution < -0.4 is 0 Å². The van der Waals surface area contributed by atoms with Crippen LogP contribution in [0.2, 0.25) is 0 Å². The summed E-state index contributed by atoms with van der Waals surface area (Å²) in [5.41, 5.74) is 0. The Hall–Kier alpha value is -1.73. The van der Waals surface area contributed by atoms with E-state index in [1.807, 2.05) is 12.2 Å². The maximum Gasteiger partial charge on any atom is 0.303 e. The van der Waals surface area contributed by atoms with Gasteiger partial charge in [0.05, 0.1) is 30.5 Å². The van der Waals surface area contributed by atoms with Crippen molar-refractivity contribution in [3.63, 3.8) is 0 Å². The van der Waals surface area contributed by atoms with E-state index in [1.54, 1.807) is 0 Å². The SMILES string of the molecule is CC/C=C\C/C=C\C/C=C\C[C@H](O)/C=C/[C@@H](O)[C@@H]1C[C@@H](O)[C@@H](CCC(=O)O)O1. The third kappa shape index (κ3) is 10.6. The van der Waals surface area contributed by atoms with Crippen LogP contribution >= 0.6 is 0 Å². The average molecular weight is 395 g/mol. The van der Waals surface area contributed by atoms with Gasteiger partial charge in [-0.25, -0.2) is 0 Å². The summed E-state index contributed by atoms with van der Waals surface area (Å²) in [6, 6.07) is 0. The molecule has 0 aliphatic carbocycles. The number of hydrogen-bond acceptors (Lipinski definition) is 5. The Kier molecular flexibility index (Phi) is 12.4. The van der Waals surface area contributed by atoms with E-state index < -0.39 is 36.5 Å². The number of allylic oxidation sites excluding steroid dienone is 5. The number of aliphatic hydroxyl groups is 3. The molecule has 0 aromatic heterocycles. The Morgan fingerprint density at radius 1 is 1.07 bits per heavy atom. The third-order valence-electron chi connectivity index (χ3n) is 4.46. The molecule has 1 aliphatic rings. The summed E-state index contributed by atoms with van der Waals surface area (Å²) < 4.78 is 5.56. The first kappa shape index (κ1) is 24.3. The molecule has 28 heavy (non-hydrogen) atoms. The first-order chi connectivity index (χ1) is 13.4. The van der Waals surface area contributed by atoms with Crippen LogP contribution in [0.1, 0.15) is 51.9 Å². The smallest absolute Gasteiger partial charge is 0.303 e. The molecule has 5 atom stereocenters. The molecule has 0 aromatic carbocycles. The number of ether oxygens (including phenoxy) is 1. The maximum atomic E-state index is 10.6. The van der Waals surface area contributed by atoms with E-state index in [4.69, 9.17) is 9.84 Å². The van der Waals surface area contributed by atoms with Crippen LogP contribution in [0, 0.1) is 0 Å². The maximum absolute atomic E-state index is 10.6. The topological polar surface area (TPSA) is 107 Å². The molecular formula is C22H34O6. The summed E-state index contributed by atoms with van der Waals surface area (Å²) in [7, 11) is 0. The molecule has 1 fully saturated rings. The zero-order valence-corrected chi connectivity index (χ0v) is 16.6. The lowest BCUT2D eigenvalue weighted by atomic mass is 10.0. The summed E-state index contributed by atoms with van der Waals surface area (Å²) in [4.78, 5) is 10.6. The fourth-order valence-electron chi connectivity index (χ4n) is 2.90. The summed E-state index contributed by atoms with van der Waals surface area (Å²) >= 11 is 0. The third-order valence-corrected chi connectivity index (χ3v) is 4.46. The lowest BCUT2D eigenvalue weighted by molar-refractivity contribution is -0.138. The molecule has 0 bridgehead atoms. The van der Waals surface area contributed by atoms with E-state index in [0.29, 0.717) is 6.42 Å². The Labute approximate surface area is 167 Å². The fourth-order valence-corrected chi connectivity index (χ4v) is 2.90. The number of hydrogen-bond donors (Lipinski definition) is 4. The van der Waals surface area contributed by atoms with Crippen LogP contribution in [0.15, 0.2) is 48.6 Å². The molecule has 0 amide bonds. The molecule has 1 saturated heterocycles. The van der Waals surface area contributed by atoms with Crippen LogP contribution in [-0.2, 0) is 9.53 Å². The molecule has 4 N–H and O–H groups in total. The molecule has 0 spiro atoms. The van der Waals surface area contributed by atoms with Crippen molar-refractivity contribution in [1.29, 1.82) is 0 Å². The quantitative estimate of drug-likeness (QED) is 0.358. The van der Waals surface area contributed by atoms with E-state index in [-0.39, 0.29) is 19.3 Å². The molecule has 0 saturated carbocycles. The van der Waals surface area contributed by atoms with Crippen molar-refractivity contribution >= 4 is 5.97 Å². The molecule has 1 aliphatic heterocycles. The number of aliphatic carboxylic acids is 1. The number of rotatable bonds is 13. The monoisotopic (exact) mass is 394 g/mol. The summed E-state index contributed by atoms with van der Waals surface area (Å²) in [6.07, 6.45) is 15.3. The number of carboxylic acids is 1. The highest BCUT2D eigenvalue weighted by Gasteiger charge is 2.36. The molecule has 0 aromatic rings. The van der Waals surface area contributed by atoms with Gasteiger partial charge in [0.2, 0.25) is 0 Å². The molecule has 1 heterocycles. The minimum absolute atomic E-state index is 0.0872. The lowest BCUT2D eigenvalue weighted by Gasteiger charge is -2.16. The normalized spacial score (nSPS) is 25.5. The minimum Gasteiger partial charge on any atom is -0.481 e. The van der Waals surface area contributed by atoms with Crippen LogP contribution in [-0.4, -0.2) is 56.9 Å². The van der Waals surface area contributed by atoms with Crippen LogP contribution in [0.5, 0.6) is 0 Å².